The third-order valence-corrected chi connectivity index (χ3v) is 2.39. The summed E-state index contributed by atoms with van der Waals surface area (Å²) in [6, 6.07) is 4.48. The Morgan fingerprint density at radius 2 is 2.11 bits per heavy atom. The van der Waals surface area contributed by atoms with E-state index in [1.807, 2.05) is 0 Å². The number of ether oxygens (including phenoxy) is 2. The molecule has 6 heteroatoms. The van der Waals surface area contributed by atoms with E-state index in [-0.39, 0.29) is 23.5 Å². The van der Waals surface area contributed by atoms with E-state index in [9.17, 15) is 13.6 Å². The van der Waals surface area contributed by atoms with E-state index in [0.717, 1.165) is 0 Å². The molecule has 19 heavy (non-hydrogen) atoms. The van der Waals surface area contributed by atoms with Gasteiger partial charge in [0, 0.05) is 0 Å². The molecular weight excluding hydrogens is 256 g/mol. The Balaban J connectivity index is 3.35. The molecule has 0 aliphatic rings. The molecule has 0 N–H and O–H groups in total. The summed E-state index contributed by atoms with van der Waals surface area (Å²) in [5.41, 5.74) is 0.313. The van der Waals surface area contributed by atoms with E-state index in [0.29, 0.717) is 12.0 Å². The molecule has 1 aromatic carbocycles. The quantitative estimate of drug-likeness (QED) is 0.771. The molecule has 0 bridgehead atoms. The average Bonchev–Trinajstić information content (AvgIpc) is 2.37. The Morgan fingerprint density at radius 1 is 1.42 bits per heavy atom. The summed E-state index contributed by atoms with van der Waals surface area (Å²) in [4.78, 5) is 11.7. The van der Waals surface area contributed by atoms with Gasteiger partial charge in [0.15, 0.2) is 0 Å². The highest BCUT2D eigenvalue weighted by Gasteiger charge is 2.20. The summed E-state index contributed by atoms with van der Waals surface area (Å²) in [7, 11) is 0. The largest absolute Gasteiger partial charge is 0.462 e. The number of esters is 1. The first-order valence-electron chi connectivity index (χ1n) is 5.72. The van der Waals surface area contributed by atoms with Gasteiger partial charge in [-0.05, 0) is 31.0 Å². The lowest BCUT2D eigenvalue weighted by Gasteiger charge is -2.12. The van der Waals surface area contributed by atoms with E-state index in [1.54, 1.807) is 19.9 Å². The highest BCUT2D eigenvalue weighted by Crippen LogP contribution is 2.27. The van der Waals surface area contributed by atoms with Crippen LogP contribution in [0.4, 0.5) is 8.78 Å². The smallest absolute Gasteiger partial charge is 0.387 e. The molecule has 1 aromatic rings. The zero-order valence-corrected chi connectivity index (χ0v) is 10.6. The second kappa shape index (κ2) is 6.69. The lowest BCUT2D eigenvalue weighted by molar-refractivity contribution is -0.0501. The van der Waals surface area contributed by atoms with E-state index < -0.39 is 12.6 Å². The minimum absolute atomic E-state index is 0.0562. The molecule has 102 valence electrons. The van der Waals surface area contributed by atoms with Crippen LogP contribution in [0, 0.1) is 11.3 Å². The van der Waals surface area contributed by atoms with Crippen LogP contribution in [-0.4, -0.2) is 19.2 Å². The first-order chi connectivity index (χ1) is 9.03. The normalized spacial score (nSPS) is 10.1. The number of hydrogen-bond acceptors (Lipinski definition) is 4. The number of halogens is 2. The fourth-order valence-electron chi connectivity index (χ4n) is 1.55. The van der Waals surface area contributed by atoms with Crippen molar-refractivity contribution in [2.45, 2.75) is 26.9 Å². The van der Waals surface area contributed by atoms with Crippen LogP contribution < -0.4 is 4.74 Å². The summed E-state index contributed by atoms with van der Waals surface area (Å²) in [6.45, 7) is 0.479. The molecule has 1 rings (SSSR count). The zero-order chi connectivity index (χ0) is 14.4. The van der Waals surface area contributed by atoms with Crippen molar-refractivity contribution in [3.63, 3.8) is 0 Å². The average molecular weight is 269 g/mol. The van der Waals surface area contributed by atoms with Crippen LogP contribution in [0.25, 0.3) is 0 Å². The fourth-order valence-corrected chi connectivity index (χ4v) is 1.55. The number of benzene rings is 1. The fraction of sp³-hybridized carbons (Fsp3) is 0.385. The van der Waals surface area contributed by atoms with Gasteiger partial charge in [0.25, 0.3) is 0 Å². The SMILES string of the molecule is CCOC(=O)c1cc(CC)cc(OC(F)F)c1C#N. The van der Waals surface area contributed by atoms with Crippen molar-refractivity contribution >= 4 is 5.97 Å². The standard InChI is InChI=1S/C13H13F2NO3/c1-3-8-5-9(12(17)18-4-2)10(7-16)11(6-8)19-13(14)15/h5-6,13H,3-4H2,1-2H3. The molecule has 0 aliphatic carbocycles. The molecule has 0 spiro atoms. The van der Waals surface area contributed by atoms with Crippen molar-refractivity contribution in [3.05, 3.63) is 28.8 Å². The Morgan fingerprint density at radius 3 is 2.58 bits per heavy atom. The molecule has 0 atom stereocenters. The highest BCUT2D eigenvalue weighted by molar-refractivity contribution is 5.93. The number of carbonyl (C=O) groups excluding carboxylic acids is 1. The number of rotatable bonds is 5. The Hall–Kier alpha value is -2.16. The van der Waals surface area contributed by atoms with Gasteiger partial charge in [-0.25, -0.2) is 4.79 Å². The maximum absolute atomic E-state index is 12.3. The lowest BCUT2D eigenvalue weighted by Crippen LogP contribution is -2.11. The van der Waals surface area contributed by atoms with Crippen LogP contribution in [0.3, 0.4) is 0 Å². The summed E-state index contributed by atoms with van der Waals surface area (Å²) in [6.07, 6.45) is 0.512. The van der Waals surface area contributed by atoms with E-state index in [2.05, 4.69) is 4.74 Å². The lowest BCUT2D eigenvalue weighted by atomic mass is 10.0. The van der Waals surface area contributed by atoms with Gasteiger partial charge >= 0.3 is 12.6 Å². The minimum Gasteiger partial charge on any atom is -0.462 e. The Bertz CT molecular complexity index is 509. The Labute approximate surface area is 109 Å². The van der Waals surface area contributed by atoms with Gasteiger partial charge in [-0.2, -0.15) is 14.0 Å². The van der Waals surface area contributed by atoms with Crippen molar-refractivity contribution in [3.8, 4) is 11.8 Å². The Kier molecular flexibility index (Phi) is 5.24. The van der Waals surface area contributed by atoms with Crippen molar-refractivity contribution in [1.82, 2.24) is 0 Å². The van der Waals surface area contributed by atoms with Gasteiger partial charge in [-0.1, -0.05) is 6.92 Å². The molecule has 0 aromatic heterocycles. The highest BCUT2D eigenvalue weighted by atomic mass is 19.3. The molecule has 0 saturated carbocycles. The van der Waals surface area contributed by atoms with Crippen LogP contribution in [0.5, 0.6) is 5.75 Å². The van der Waals surface area contributed by atoms with Crippen LogP contribution in [0.1, 0.15) is 35.3 Å². The second-order valence-corrected chi connectivity index (χ2v) is 3.58. The summed E-state index contributed by atoms with van der Waals surface area (Å²) in [5, 5.41) is 9.01. The van der Waals surface area contributed by atoms with Crippen LogP contribution in [0.2, 0.25) is 0 Å². The summed E-state index contributed by atoms with van der Waals surface area (Å²) in [5.74, 6) is -1.03. The molecule has 0 heterocycles. The molecule has 0 saturated heterocycles. The number of nitriles is 1. The third kappa shape index (κ3) is 3.65. The molecule has 4 nitrogen and oxygen atoms in total. The number of hydrogen-bond donors (Lipinski definition) is 0. The van der Waals surface area contributed by atoms with Crippen molar-refractivity contribution in [2.24, 2.45) is 0 Å². The molecule has 0 radical (unpaired) electrons. The topological polar surface area (TPSA) is 59.3 Å². The van der Waals surface area contributed by atoms with Crippen LogP contribution >= 0.6 is 0 Å². The van der Waals surface area contributed by atoms with Crippen LogP contribution in [-0.2, 0) is 11.2 Å². The zero-order valence-electron chi connectivity index (χ0n) is 10.6. The maximum atomic E-state index is 12.3. The van der Waals surface area contributed by atoms with Gasteiger partial charge in [-0.15, -0.1) is 0 Å². The maximum Gasteiger partial charge on any atom is 0.387 e. The van der Waals surface area contributed by atoms with E-state index >= 15 is 0 Å². The molecule has 0 amide bonds. The van der Waals surface area contributed by atoms with Gasteiger partial charge in [0.2, 0.25) is 0 Å². The summed E-state index contributed by atoms with van der Waals surface area (Å²) < 4.78 is 33.7. The van der Waals surface area contributed by atoms with Crippen LogP contribution in [0.15, 0.2) is 12.1 Å². The first-order valence-corrected chi connectivity index (χ1v) is 5.72. The van der Waals surface area contributed by atoms with Crippen molar-refractivity contribution < 1.29 is 23.0 Å². The van der Waals surface area contributed by atoms with Gasteiger partial charge in [0.05, 0.1) is 12.2 Å². The predicted molar refractivity (Wildman–Crippen MR) is 63.1 cm³/mol. The first kappa shape index (κ1) is 14.9. The van der Waals surface area contributed by atoms with Gasteiger partial charge < -0.3 is 9.47 Å². The molecule has 0 unspecified atom stereocenters. The van der Waals surface area contributed by atoms with Crippen molar-refractivity contribution in [2.75, 3.05) is 6.61 Å². The monoisotopic (exact) mass is 269 g/mol. The van der Waals surface area contributed by atoms with E-state index in [4.69, 9.17) is 10.00 Å². The number of carbonyl (C=O) groups is 1. The summed E-state index contributed by atoms with van der Waals surface area (Å²) >= 11 is 0. The molecular formula is C13H13F2NO3. The molecule has 0 fully saturated rings. The second-order valence-electron chi connectivity index (χ2n) is 3.58. The predicted octanol–water partition coefficient (Wildman–Crippen LogP) is 2.90. The molecule has 0 aliphatic heterocycles. The number of nitrogens with zero attached hydrogens (tertiary/aromatic N) is 1. The van der Waals surface area contributed by atoms with Gasteiger partial charge in [0.1, 0.15) is 17.4 Å². The van der Waals surface area contributed by atoms with E-state index in [1.165, 1.54) is 12.1 Å². The minimum atomic E-state index is -3.06. The van der Waals surface area contributed by atoms with Crippen molar-refractivity contribution in [1.29, 1.82) is 5.26 Å². The number of aryl methyl sites for hydroxylation is 1. The number of alkyl halides is 2. The van der Waals surface area contributed by atoms with Gasteiger partial charge in [-0.3, -0.25) is 0 Å². The third-order valence-electron chi connectivity index (χ3n) is 2.39.